The Hall–Kier alpha value is -5.30. The van der Waals surface area contributed by atoms with Crippen LogP contribution in [0.15, 0.2) is 18.2 Å². The summed E-state index contributed by atoms with van der Waals surface area (Å²) in [6.07, 6.45) is -15.7. The van der Waals surface area contributed by atoms with Crippen LogP contribution in [0.4, 0.5) is 0 Å². The molecule has 0 radical (unpaired) electrons. The molecular formula is C35H52N8O19S. The number of carbonyl (C=O) groups excluding carboxylic acids is 7. The normalized spacial score (nSPS) is 31.5. The number of β-amino-alcohol motifs (C(OH)–C–C–N with tert-alkyl or cyclic N) is 1. The minimum Gasteiger partial charge on any atom is -0.504 e. The van der Waals surface area contributed by atoms with Crippen LogP contribution in [0, 0.1) is 5.92 Å². The Bertz CT molecular complexity index is 2030. The molecule has 14 atom stereocenters. The van der Waals surface area contributed by atoms with Crippen molar-refractivity contribution in [3.05, 3.63) is 23.8 Å². The van der Waals surface area contributed by atoms with Gasteiger partial charge in [0.2, 0.25) is 41.4 Å². The van der Waals surface area contributed by atoms with Crippen LogP contribution in [0.25, 0.3) is 0 Å². The van der Waals surface area contributed by atoms with Crippen LogP contribution in [0.2, 0.25) is 0 Å². The second-order valence-corrected chi connectivity index (χ2v) is 16.7. The largest absolute Gasteiger partial charge is 0.504 e. The maximum atomic E-state index is 14.3. The fraction of sp³-hybridized carbons (Fsp3) is 0.629. The summed E-state index contributed by atoms with van der Waals surface area (Å²) in [6.45, 7) is 0.854. The fourth-order valence-corrected chi connectivity index (χ4v) is 7.75. The minimum atomic E-state index is -5.29. The molecule has 3 aliphatic heterocycles. The highest BCUT2D eigenvalue weighted by Gasteiger charge is 2.50. The van der Waals surface area contributed by atoms with Gasteiger partial charge in [0.1, 0.15) is 42.4 Å². The van der Waals surface area contributed by atoms with Gasteiger partial charge in [-0.1, -0.05) is 13.0 Å². The molecule has 3 heterocycles. The van der Waals surface area contributed by atoms with Crippen molar-refractivity contribution < 1.29 is 91.6 Å². The third-order valence-corrected chi connectivity index (χ3v) is 11.1. The molecule has 3 fully saturated rings. The van der Waals surface area contributed by atoms with Crippen molar-refractivity contribution in [1.82, 2.24) is 31.1 Å². The molecule has 0 saturated carbocycles. The van der Waals surface area contributed by atoms with Crippen molar-refractivity contribution in [2.45, 2.75) is 112 Å². The number of rotatable bonds is 9. The maximum Gasteiger partial charge on any atom is 0.446 e. The number of benzene rings is 1. The number of hydrogen-bond acceptors (Lipinski definition) is 19. The molecule has 0 spiro atoms. The summed E-state index contributed by atoms with van der Waals surface area (Å²) in [5.41, 5.74) is 10.7. The van der Waals surface area contributed by atoms with Gasteiger partial charge in [0.15, 0.2) is 11.5 Å². The number of nitrogens with two attached hydrogens (primary N) is 2. The molecule has 7 amide bonds. The highest BCUT2D eigenvalue weighted by molar-refractivity contribution is 7.81. The first-order valence-corrected chi connectivity index (χ1v) is 20.7. The number of phenols is 1. The van der Waals surface area contributed by atoms with E-state index in [4.69, 9.17) is 16.0 Å². The smallest absolute Gasteiger partial charge is 0.446 e. The van der Waals surface area contributed by atoms with Crippen LogP contribution >= 0.6 is 0 Å². The van der Waals surface area contributed by atoms with Gasteiger partial charge in [-0.25, -0.2) is 0 Å². The van der Waals surface area contributed by atoms with E-state index >= 15 is 0 Å². The number of hydrogen-bond donors (Lipinski definition) is 15. The Balaban J connectivity index is 1.86. The summed E-state index contributed by atoms with van der Waals surface area (Å²) in [6, 6.07) is -9.60. The zero-order valence-corrected chi connectivity index (χ0v) is 34.4. The molecule has 352 valence electrons. The minimum absolute atomic E-state index is 0.421. The van der Waals surface area contributed by atoms with E-state index in [-0.39, 0.29) is 0 Å². The molecule has 4 rings (SSSR count). The first kappa shape index (κ1) is 50.3. The zero-order valence-electron chi connectivity index (χ0n) is 33.6. The molecule has 1 aromatic carbocycles. The third kappa shape index (κ3) is 12.2. The van der Waals surface area contributed by atoms with E-state index in [1.54, 1.807) is 0 Å². The van der Waals surface area contributed by atoms with E-state index < -0.39 is 193 Å². The van der Waals surface area contributed by atoms with Crippen LogP contribution in [-0.2, 0) is 44.0 Å². The summed E-state index contributed by atoms with van der Waals surface area (Å²) in [4.78, 5) is 96.6. The van der Waals surface area contributed by atoms with Crippen LogP contribution in [0.1, 0.15) is 44.8 Å². The lowest BCUT2D eigenvalue weighted by Gasteiger charge is -2.34. The first-order valence-electron chi connectivity index (χ1n) is 19.3. The second-order valence-electron chi connectivity index (χ2n) is 15.7. The van der Waals surface area contributed by atoms with E-state index in [0.717, 1.165) is 24.0 Å². The predicted molar refractivity (Wildman–Crippen MR) is 207 cm³/mol. The van der Waals surface area contributed by atoms with Crippen LogP contribution in [-0.4, -0.2) is 197 Å². The SMILES string of the molecule is C[C@@H](O)C1NC(=O)[C@@H](N)C[C@@H](O)CNC(=O)C2[C@@H](O)[C@@H](C)CN2C(=O)C([C@H](O)CC(N)=O)NC(=O)C([C@H](O)[C@@H](O)c2ccc(O)c(OS(=O)(=O)O)c2)NC(=O)C2C[C@@H](O)CN2C1=O. The van der Waals surface area contributed by atoms with Gasteiger partial charge in [0.05, 0.1) is 43.0 Å². The van der Waals surface area contributed by atoms with Gasteiger partial charge in [-0.2, -0.15) is 8.42 Å². The molecule has 3 saturated heterocycles. The van der Waals surface area contributed by atoms with E-state index in [9.17, 15) is 82.8 Å². The number of nitrogens with one attached hydrogen (secondary N) is 4. The quantitative estimate of drug-likeness (QED) is 0.102. The van der Waals surface area contributed by atoms with Gasteiger partial charge in [-0.05, 0) is 31.0 Å². The summed E-state index contributed by atoms with van der Waals surface area (Å²) < 4.78 is 36.2. The summed E-state index contributed by atoms with van der Waals surface area (Å²) in [5.74, 6) is -11.7. The number of phenolic OH excluding ortho intramolecular Hbond substituents is 1. The van der Waals surface area contributed by atoms with Crippen molar-refractivity contribution >= 4 is 51.7 Å². The first-order chi connectivity index (χ1) is 29.2. The van der Waals surface area contributed by atoms with Crippen molar-refractivity contribution in [2.24, 2.45) is 17.4 Å². The number of fused-ring (bicyclic) bond motifs is 2. The number of aromatic hydroxyl groups is 1. The van der Waals surface area contributed by atoms with Gasteiger partial charge in [-0.3, -0.25) is 38.1 Å². The summed E-state index contributed by atoms with van der Waals surface area (Å²) in [7, 11) is -5.29. The number of amides is 7. The van der Waals surface area contributed by atoms with Crippen LogP contribution in [0.3, 0.4) is 0 Å². The van der Waals surface area contributed by atoms with Crippen LogP contribution in [0.5, 0.6) is 11.5 Å². The highest BCUT2D eigenvalue weighted by Crippen LogP contribution is 2.32. The monoisotopic (exact) mass is 920 g/mol. The Morgan fingerprint density at radius 1 is 0.857 bits per heavy atom. The topological polar surface area (TPSA) is 452 Å². The number of nitrogens with zero attached hydrogens (tertiary/aromatic N) is 2. The van der Waals surface area contributed by atoms with E-state index in [1.807, 2.05) is 0 Å². The number of aliphatic hydroxyl groups is 7. The zero-order chi connectivity index (χ0) is 47.4. The van der Waals surface area contributed by atoms with Gasteiger partial charge < -0.3 is 87.6 Å². The van der Waals surface area contributed by atoms with Gasteiger partial charge in [0, 0.05) is 32.0 Å². The van der Waals surface area contributed by atoms with E-state index in [2.05, 4.69) is 25.5 Å². The van der Waals surface area contributed by atoms with Crippen LogP contribution < -0.4 is 36.9 Å². The third-order valence-electron chi connectivity index (χ3n) is 10.7. The number of aliphatic hydroxyl groups excluding tert-OH is 7. The lowest BCUT2D eigenvalue weighted by molar-refractivity contribution is -0.148. The molecular weight excluding hydrogens is 868 g/mol. The molecule has 1 aromatic rings. The molecule has 3 aliphatic rings. The summed E-state index contributed by atoms with van der Waals surface area (Å²) in [5, 5.41) is 95.7. The van der Waals surface area contributed by atoms with E-state index in [0.29, 0.717) is 11.0 Å². The molecule has 5 unspecified atom stereocenters. The number of primary amides is 1. The van der Waals surface area contributed by atoms with Crippen molar-refractivity contribution in [1.29, 1.82) is 0 Å². The van der Waals surface area contributed by atoms with Crippen molar-refractivity contribution in [2.75, 3.05) is 19.6 Å². The van der Waals surface area contributed by atoms with Gasteiger partial charge in [0.25, 0.3) is 0 Å². The summed E-state index contributed by atoms with van der Waals surface area (Å²) >= 11 is 0. The molecule has 0 aliphatic carbocycles. The molecule has 0 bridgehead atoms. The molecule has 28 heteroatoms. The van der Waals surface area contributed by atoms with Crippen molar-refractivity contribution in [3.8, 4) is 11.5 Å². The van der Waals surface area contributed by atoms with E-state index in [1.165, 1.54) is 6.92 Å². The standard InChI is InChI=1S/C35H52N8O19S/c1-12-10-43-26(27(12)50)33(56)38-9-15(45)6-17(36)30(53)39-23(13(2)44)34(57)42-11-16(46)7-18(42)31(54)41-25(32(55)40-24(35(43)58)20(48)8-22(37)49)29(52)28(51)14-3-4-19(47)21(5-14)62-63(59,60)61/h3-5,12-13,15-18,20,23-29,44-48,50-52H,6-11,36H2,1-2H3,(H2,37,49)(H,38,56)(H,39,53)(H,40,55)(H,41,54)(H,59,60,61)/t12-,13+,15+,16+,17-,18?,20+,23?,24?,25?,26?,27-,28-,29-/m0/s1. The highest BCUT2D eigenvalue weighted by atomic mass is 32.3. The molecule has 27 nitrogen and oxygen atoms in total. The van der Waals surface area contributed by atoms with Gasteiger partial charge in [-0.15, -0.1) is 0 Å². The molecule has 63 heavy (non-hydrogen) atoms. The lowest BCUT2D eigenvalue weighted by atomic mass is 9.96. The Labute approximate surface area is 358 Å². The molecule has 0 aromatic heterocycles. The molecule has 17 N–H and O–H groups in total. The average Bonchev–Trinajstić information content (AvgIpc) is 3.73. The Kier molecular flexibility index (Phi) is 16.4. The van der Waals surface area contributed by atoms with Gasteiger partial charge >= 0.3 is 10.4 Å². The average molecular weight is 921 g/mol. The second kappa shape index (κ2) is 20.5. The Morgan fingerprint density at radius 3 is 2.06 bits per heavy atom. The number of carbonyl (C=O) groups is 7. The maximum absolute atomic E-state index is 14.3. The predicted octanol–water partition coefficient (Wildman–Crippen LogP) is -8.58. The lowest BCUT2D eigenvalue weighted by Crippen LogP contribution is -2.64. The Morgan fingerprint density at radius 2 is 1.46 bits per heavy atom. The fourth-order valence-electron chi connectivity index (χ4n) is 7.39. The van der Waals surface area contributed by atoms with Crippen molar-refractivity contribution in [3.63, 3.8) is 0 Å².